The van der Waals surface area contributed by atoms with E-state index in [4.69, 9.17) is 15.2 Å². The third kappa shape index (κ3) is 4.13. The average Bonchev–Trinajstić information content (AvgIpc) is 2.98. The Kier molecular flexibility index (Phi) is 5.48. The fourth-order valence-electron chi connectivity index (χ4n) is 3.30. The fourth-order valence-corrected chi connectivity index (χ4v) is 3.30. The smallest absolute Gasteiger partial charge is 0.252 e. The number of rotatable bonds is 7. The van der Waals surface area contributed by atoms with Gasteiger partial charge in [-0.3, -0.25) is 9.59 Å². The standard InChI is InChI=1S/C20H25N3O4/c1-4-12-7-14(23-19(12)25)10-26-20-15-9-17(27-11(2)3)16(18(21)24)8-13(15)5-6-22-20/h5-6,8-9,11-12,14H,4,7,10H2,1-3H3,(H2,21,24)(H,23,25)/t12-,14-/m0/s1. The Morgan fingerprint density at radius 3 is 2.81 bits per heavy atom. The van der Waals surface area contributed by atoms with Gasteiger partial charge >= 0.3 is 0 Å². The Labute approximate surface area is 158 Å². The minimum Gasteiger partial charge on any atom is -0.490 e. The molecule has 0 saturated carbocycles. The van der Waals surface area contributed by atoms with Crippen LogP contribution < -0.4 is 20.5 Å². The maximum atomic E-state index is 11.8. The zero-order chi connectivity index (χ0) is 19.6. The van der Waals surface area contributed by atoms with Crippen molar-refractivity contribution in [1.82, 2.24) is 10.3 Å². The number of benzene rings is 1. The molecule has 3 rings (SSSR count). The van der Waals surface area contributed by atoms with Crippen molar-refractivity contribution >= 4 is 22.6 Å². The minimum atomic E-state index is -0.550. The van der Waals surface area contributed by atoms with Crippen LogP contribution in [0.2, 0.25) is 0 Å². The number of nitrogens with zero attached hydrogens (tertiary/aromatic N) is 1. The third-order valence-electron chi connectivity index (χ3n) is 4.66. The van der Waals surface area contributed by atoms with Crippen molar-refractivity contribution in [2.24, 2.45) is 11.7 Å². The summed E-state index contributed by atoms with van der Waals surface area (Å²) < 4.78 is 11.7. The van der Waals surface area contributed by atoms with E-state index in [0.29, 0.717) is 23.8 Å². The Bertz CT molecular complexity index is 866. The first kappa shape index (κ1) is 18.9. The molecule has 1 fully saturated rings. The molecule has 2 amide bonds. The molecule has 0 spiro atoms. The van der Waals surface area contributed by atoms with Gasteiger partial charge in [0.05, 0.1) is 17.7 Å². The van der Waals surface area contributed by atoms with Crippen LogP contribution in [-0.4, -0.2) is 35.6 Å². The van der Waals surface area contributed by atoms with E-state index in [0.717, 1.165) is 23.6 Å². The van der Waals surface area contributed by atoms with Gasteiger partial charge in [-0.05, 0) is 50.3 Å². The molecule has 144 valence electrons. The number of aromatic nitrogens is 1. The van der Waals surface area contributed by atoms with Gasteiger partial charge in [-0.15, -0.1) is 0 Å². The van der Waals surface area contributed by atoms with Gasteiger partial charge in [0.2, 0.25) is 11.8 Å². The summed E-state index contributed by atoms with van der Waals surface area (Å²) in [4.78, 5) is 27.9. The van der Waals surface area contributed by atoms with E-state index < -0.39 is 5.91 Å². The van der Waals surface area contributed by atoms with Gasteiger partial charge < -0.3 is 20.5 Å². The second-order valence-electron chi connectivity index (χ2n) is 7.07. The fraction of sp³-hybridized carbons (Fsp3) is 0.450. The summed E-state index contributed by atoms with van der Waals surface area (Å²) >= 11 is 0. The van der Waals surface area contributed by atoms with Gasteiger partial charge in [0.25, 0.3) is 5.91 Å². The lowest BCUT2D eigenvalue weighted by Gasteiger charge is -2.16. The van der Waals surface area contributed by atoms with Crippen LogP contribution in [0.4, 0.5) is 0 Å². The normalized spacial score (nSPS) is 19.3. The van der Waals surface area contributed by atoms with E-state index in [1.807, 2.05) is 20.8 Å². The first-order valence-corrected chi connectivity index (χ1v) is 9.21. The predicted molar refractivity (Wildman–Crippen MR) is 102 cm³/mol. The molecule has 7 nitrogen and oxygen atoms in total. The van der Waals surface area contributed by atoms with E-state index in [2.05, 4.69) is 10.3 Å². The lowest BCUT2D eigenvalue weighted by Crippen LogP contribution is -2.31. The van der Waals surface area contributed by atoms with Crippen molar-refractivity contribution in [3.05, 3.63) is 30.0 Å². The van der Waals surface area contributed by atoms with Crippen LogP contribution in [-0.2, 0) is 4.79 Å². The molecule has 3 N–H and O–H groups in total. The molecule has 7 heteroatoms. The SMILES string of the molecule is CC[C@H]1C[C@@H](COc2nccc3cc(C(N)=O)c(OC(C)C)cc23)NC1=O. The highest BCUT2D eigenvalue weighted by atomic mass is 16.5. The first-order valence-electron chi connectivity index (χ1n) is 9.21. The zero-order valence-corrected chi connectivity index (χ0v) is 15.8. The molecule has 1 aliphatic heterocycles. The molecule has 2 atom stereocenters. The van der Waals surface area contributed by atoms with E-state index >= 15 is 0 Å². The summed E-state index contributed by atoms with van der Waals surface area (Å²) in [7, 11) is 0. The van der Waals surface area contributed by atoms with E-state index in [9.17, 15) is 9.59 Å². The number of hydrogen-bond acceptors (Lipinski definition) is 5. The molecule has 1 aliphatic rings. The molecule has 27 heavy (non-hydrogen) atoms. The van der Waals surface area contributed by atoms with E-state index in [1.54, 1.807) is 24.4 Å². The van der Waals surface area contributed by atoms with Gasteiger partial charge in [0.1, 0.15) is 12.4 Å². The predicted octanol–water partition coefficient (Wildman–Crippen LogP) is 2.41. The second kappa shape index (κ2) is 7.82. The Morgan fingerprint density at radius 1 is 1.41 bits per heavy atom. The lowest BCUT2D eigenvalue weighted by molar-refractivity contribution is -0.122. The maximum Gasteiger partial charge on any atom is 0.252 e. The summed E-state index contributed by atoms with van der Waals surface area (Å²) in [6.07, 6.45) is 3.09. The molecular weight excluding hydrogens is 346 g/mol. The number of nitrogens with two attached hydrogens (primary N) is 1. The molecule has 1 saturated heterocycles. The number of carbonyl (C=O) groups excluding carboxylic acids is 2. The van der Waals surface area contributed by atoms with Crippen LogP contribution in [0.1, 0.15) is 44.0 Å². The largest absolute Gasteiger partial charge is 0.490 e. The van der Waals surface area contributed by atoms with Crippen LogP contribution in [0.25, 0.3) is 10.8 Å². The number of primary amides is 1. The van der Waals surface area contributed by atoms with Crippen molar-refractivity contribution in [2.45, 2.75) is 45.8 Å². The van der Waals surface area contributed by atoms with Crippen LogP contribution in [0.15, 0.2) is 24.4 Å². The number of ether oxygens (including phenoxy) is 2. The van der Waals surface area contributed by atoms with Crippen molar-refractivity contribution in [1.29, 1.82) is 0 Å². The summed E-state index contributed by atoms with van der Waals surface area (Å²) in [5, 5.41) is 4.47. The molecule has 0 radical (unpaired) electrons. The monoisotopic (exact) mass is 371 g/mol. The average molecular weight is 371 g/mol. The number of nitrogens with one attached hydrogen (secondary N) is 1. The second-order valence-corrected chi connectivity index (χ2v) is 7.07. The Balaban J connectivity index is 1.87. The van der Waals surface area contributed by atoms with Crippen molar-refractivity contribution < 1.29 is 19.1 Å². The van der Waals surface area contributed by atoms with E-state index in [-0.39, 0.29) is 24.0 Å². The molecule has 0 aliphatic carbocycles. The summed E-state index contributed by atoms with van der Waals surface area (Å²) in [5.41, 5.74) is 5.82. The maximum absolute atomic E-state index is 11.8. The van der Waals surface area contributed by atoms with Crippen LogP contribution in [0.5, 0.6) is 11.6 Å². The van der Waals surface area contributed by atoms with Gasteiger partial charge in [-0.1, -0.05) is 6.92 Å². The number of hydrogen-bond donors (Lipinski definition) is 2. The Hall–Kier alpha value is -2.83. The summed E-state index contributed by atoms with van der Waals surface area (Å²) in [5.74, 6) is 0.416. The molecule has 2 heterocycles. The quantitative estimate of drug-likeness (QED) is 0.778. The number of fused-ring (bicyclic) bond motifs is 1. The van der Waals surface area contributed by atoms with Gasteiger partial charge in [-0.2, -0.15) is 0 Å². The number of carbonyl (C=O) groups is 2. The summed E-state index contributed by atoms with van der Waals surface area (Å²) in [6, 6.07) is 5.18. The molecule has 2 aromatic rings. The molecule has 0 unspecified atom stereocenters. The molecule has 1 aromatic heterocycles. The minimum absolute atomic E-state index is 0.0317. The topological polar surface area (TPSA) is 104 Å². The summed E-state index contributed by atoms with van der Waals surface area (Å²) in [6.45, 7) is 6.10. The zero-order valence-electron chi connectivity index (χ0n) is 15.8. The first-order chi connectivity index (χ1) is 12.9. The molecular formula is C20H25N3O4. The van der Waals surface area contributed by atoms with E-state index in [1.165, 1.54) is 0 Å². The van der Waals surface area contributed by atoms with Crippen molar-refractivity contribution in [3.63, 3.8) is 0 Å². The highest BCUT2D eigenvalue weighted by molar-refractivity contribution is 6.01. The van der Waals surface area contributed by atoms with Crippen LogP contribution in [0, 0.1) is 5.92 Å². The molecule has 0 bridgehead atoms. The number of pyridine rings is 1. The van der Waals surface area contributed by atoms with Gasteiger partial charge in [0, 0.05) is 17.5 Å². The Morgan fingerprint density at radius 2 is 2.19 bits per heavy atom. The van der Waals surface area contributed by atoms with Crippen molar-refractivity contribution in [2.75, 3.05) is 6.61 Å². The molecule has 1 aromatic carbocycles. The van der Waals surface area contributed by atoms with Crippen LogP contribution in [0.3, 0.4) is 0 Å². The van der Waals surface area contributed by atoms with Crippen LogP contribution >= 0.6 is 0 Å². The van der Waals surface area contributed by atoms with Gasteiger partial charge in [-0.25, -0.2) is 4.98 Å². The number of amides is 2. The lowest BCUT2D eigenvalue weighted by atomic mass is 10.0. The van der Waals surface area contributed by atoms with Crippen molar-refractivity contribution in [3.8, 4) is 11.6 Å². The third-order valence-corrected chi connectivity index (χ3v) is 4.66. The van der Waals surface area contributed by atoms with Gasteiger partial charge in [0.15, 0.2) is 0 Å². The highest BCUT2D eigenvalue weighted by Gasteiger charge is 2.31. The highest BCUT2D eigenvalue weighted by Crippen LogP contribution is 2.31.